The molecule has 0 saturated heterocycles. The first kappa shape index (κ1) is 17.2. The average Bonchev–Trinajstić information content (AvgIpc) is 2.75. The fourth-order valence-electron chi connectivity index (χ4n) is 2.70. The van der Waals surface area contributed by atoms with Crippen molar-refractivity contribution in [1.29, 1.82) is 0 Å². The molecule has 1 aliphatic carbocycles. The van der Waals surface area contributed by atoms with E-state index in [1.165, 1.54) is 12.1 Å². The Balaban J connectivity index is 2.26. The third kappa shape index (κ3) is 4.00. The molecule has 1 aromatic rings. The van der Waals surface area contributed by atoms with Crippen molar-refractivity contribution in [2.24, 2.45) is 0 Å². The fourth-order valence-corrected chi connectivity index (χ4v) is 2.70. The van der Waals surface area contributed by atoms with Crippen molar-refractivity contribution >= 4 is 12.1 Å². The minimum Gasteiger partial charge on any atom is -0.464 e. The van der Waals surface area contributed by atoms with Gasteiger partial charge in [0.2, 0.25) is 0 Å². The molecule has 1 atom stereocenters. The monoisotopic (exact) mass is 323 g/mol. The van der Waals surface area contributed by atoms with E-state index in [1.54, 1.807) is 33.8 Å². The van der Waals surface area contributed by atoms with Crippen LogP contribution >= 0.6 is 0 Å². The maximum atomic E-state index is 13.4. The van der Waals surface area contributed by atoms with Gasteiger partial charge < -0.3 is 14.8 Å². The summed E-state index contributed by atoms with van der Waals surface area (Å²) in [5.41, 5.74) is -0.434. The van der Waals surface area contributed by atoms with E-state index in [9.17, 15) is 14.0 Å². The highest BCUT2D eigenvalue weighted by Gasteiger charge is 2.47. The van der Waals surface area contributed by atoms with Gasteiger partial charge in [-0.2, -0.15) is 0 Å². The van der Waals surface area contributed by atoms with Crippen LogP contribution in [0.4, 0.5) is 9.18 Å². The number of alkyl carbamates (subject to hydrolysis) is 1. The minimum atomic E-state index is -1.26. The largest absolute Gasteiger partial charge is 0.464 e. The molecule has 126 valence electrons. The van der Waals surface area contributed by atoms with Crippen LogP contribution in [0.3, 0.4) is 0 Å². The Morgan fingerprint density at radius 2 is 1.91 bits per heavy atom. The molecule has 0 fully saturated rings. The summed E-state index contributed by atoms with van der Waals surface area (Å²) >= 11 is 0. The summed E-state index contributed by atoms with van der Waals surface area (Å²) in [6, 6.07) is 4.35. The van der Waals surface area contributed by atoms with Crippen molar-refractivity contribution in [3.05, 3.63) is 35.1 Å². The van der Waals surface area contributed by atoms with Gasteiger partial charge in [-0.1, -0.05) is 6.07 Å². The van der Waals surface area contributed by atoms with Crippen molar-refractivity contribution < 1.29 is 23.5 Å². The number of fused-ring (bicyclic) bond motifs is 1. The molecule has 1 aromatic carbocycles. The Morgan fingerprint density at radius 3 is 2.52 bits per heavy atom. The second-order valence-electron chi connectivity index (χ2n) is 6.70. The summed E-state index contributed by atoms with van der Waals surface area (Å²) in [5.74, 6) is -0.914. The maximum absolute atomic E-state index is 13.4. The Kier molecular flexibility index (Phi) is 4.63. The first-order chi connectivity index (χ1) is 10.6. The lowest BCUT2D eigenvalue weighted by molar-refractivity contribution is -0.150. The molecule has 0 bridgehead atoms. The predicted molar refractivity (Wildman–Crippen MR) is 82.5 cm³/mol. The van der Waals surface area contributed by atoms with Gasteiger partial charge in [0.1, 0.15) is 17.0 Å². The van der Waals surface area contributed by atoms with Gasteiger partial charge in [0.25, 0.3) is 0 Å². The SMILES string of the molecule is CCOC(=O)[C@@]1(NC(=O)OC(C)(C)C)Cc2ccc(F)cc2C1. The zero-order valence-corrected chi connectivity index (χ0v) is 13.9. The van der Waals surface area contributed by atoms with Crippen LogP contribution in [0.2, 0.25) is 0 Å². The summed E-state index contributed by atoms with van der Waals surface area (Å²) in [5, 5.41) is 2.64. The number of hydrogen-bond donors (Lipinski definition) is 1. The molecule has 1 aliphatic rings. The molecule has 0 unspecified atom stereocenters. The maximum Gasteiger partial charge on any atom is 0.408 e. The van der Waals surface area contributed by atoms with Crippen molar-refractivity contribution in [3.63, 3.8) is 0 Å². The summed E-state index contributed by atoms with van der Waals surface area (Å²) < 4.78 is 23.8. The van der Waals surface area contributed by atoms with Gasteiger partial charge in [-0.15, -0.1) is 0 Å². The third-order valence-corrected chi connectivity index (χ3v) is 3.56. The van der Waals surface area contributed by atoms with Crippen molar-refractivity contribution in [2.75, 3.05) is 6.61 Å². The lowest BCUT2D eigenvalue weighted by Gasteiger charge is -2.29. The standard InChI is InChI=1S/C17H22FNO4/c1-5-22-14(20)17(19-15(21)23-16(2,3)4)9-11-6-7-13(18)8-12(11)10-17/h6-8H,5,9-10H2,1-4H3,(H,19,21)/t17-/m1/s1. The summed E-state index contributed by atoms with van der Waals surface area (Å²) in [7, 11) is 0. The highest BCUT2D eigenvalue weighted by molar-refractivity contribution is 5.87. The number of benzene rings is 1. The van der Waals surface area contributed by atoms with Crippen molar-refractivity contribution in [3.8, 4) is 0 Å². The van der Waals surface area contributed by atoms with E-state index in [2.05, 4.69) is 5.32 Å². The zero-order valence-electron chi connectivity index (χ0n) is 13.9. The molecule has 1 amide bonds. The van der Waals surface area contributed by atoms with Crippen LogP contribution in [0.25, 0.3) is 0 Å². The number of rotatable bonds is 3. The minimum absolute atomic E-state index is 0.179. The zero-order chi connectivity index (χ0) is 17.3. The normalized spacial score (nSPS) is 19.9. The van der Waals surface area contributed by atoms with E-state index in [-0.39, 0.29) is 25.3 Å². The van der Waals surface area contributed by atoms with Crippen LogP contribution in [0.15, 0.2) is 18.2 Å². The molecule has 0 saturated carbocycles. The Morgan fingerprint density at radius 1 is 1.26 bits per heavy atom. The van der Waals surface area contributed by atoms with E-state index < -0.39 is 23.2 Å². The molecular formula is C17H22FNO4. The predicted octanol–water partition coefficient (Wildman–Crippen LogP) is 2.75. The van der Waals surface area contributed by atoms with Crippen LogP contribution < -0.4 is 5.32 Å². The molecule has 2 rings (SSSR count). The van der Waals surface area contributed by atoms with Crippen LogP contribution in [-0.4, -0.2) is 29.8 Å². The molecule has 0 heterocycles. The number of halogens is 1. The molecule has 0 aliphatic heterocycles. The number of esters is 1. The Labute approximate surface area is 135 Å². The first-order valence-electron chi connectivity index (χ1n) is 7.61. The lowest BCUT2D eigenvalue weighted by atomic mass is 9.96. The van der Waals surface area contributed by atoms with Gasteiger partial charge in [-0.3, -0.25) is 0 Å². The number of carbonyl (C=O) groups excluding carboxylic acids is 2. The quantitative estimate of drug-likeness (QED) is 0.869. The molecule has 1 N–H and O–H groups in total. The number of amides is 1. The molecule has 0 radical (unpaired) electrons. The number of nitrogens with one attached hydrogen (secondary N) is 1. The molecule has 23 heavy (non-hydrogen) atoms. The van der Waals surface area contributed by atoms with E-state index in [1.807, 2.05) is 0 Å². The number of carbonyl (C=O) groups is 2. The molecule has 0 aromatic heterocycles. The van der Waals surface area contributed by atoms with Crippen LogP contribution in [0.1, 0.15) is 38.8 Å². The average molecular weight is 323 g/mol. The Hall–Kier alpha value is -2.11. The smallest absolute Gasteiger partial charge is 0.408 e. The first-order valence-corrected chi connectivity index (χ1v) is 7.61. The number of ether oxygens (including phenoxy) is 2. The van der Waals surface area contributed by atoms with Crippen LogP contribution in [0.5, 0.6) is 0 Å². The van der Waals surface area contributed by atoms with E-state index in [0.717, 1.165) is 5.56 Å². The molecule has 5 nitrogen and oxygen atoms in total. The summed E-state index contributed by atoms with van der Waals surface area (Å²) in [4.78, 5) is 24.6. The fraction of sp³-hybridized carbons (Fsp3) is 0.529. The summed E-state index contributed by atoms with van der Waals surface area (Å²) in [6.45, 7) is 7.11. The molecule has 6 heteroatoms. The van der Waals surface area contributed by atoms with Gasteiger partial charge in [-0.05, 0) is 51.0 Å². The van der Waals surface area contributed by atoms with Crippen molar-refractivity contribution in [2.45, 2.75) is 51.7 Å². The van der Waals surface area contributed by atoms with Crippen LogP contribution in [0, 0.1) is 5.82 Å². The van der Waals surface area contributed by atoms with Gasteiger partial charge in [0, 0.05) is 12.8 Å². The van der Waals surface area contributed by atoms with Gasteiger partial charge in [0.05, 0.1) is 6.61 Å². The second kappa shape index (κ2) is 6.18. The Bertz CT molecular complexity index is 624. The lowest BCUT2D eigenvalue weighted by Crippen LogP contribution is -2.57. The van der Waals surface area contributed by atoms with Crippen LogP contribution in [-0.2, 0) is 27.1 Å². The van der Waals surface area contributed by atoms with Crippen molar-refractivity contribution in [1.82, 2.24) is 5.32 Å². The number of hydrogen-bond acceptors (Lipinski definition) is 4. The van der Waals surface area contributed by atoms with E-state index >= 15 is 0 Å². The molecule has 0 spiro atoms. The molecular weight excluding hydrogens is 301 g/mol. The highest BCUT2D eigenvalue weighted by Crippen LogP contribution is 2.32. The summed E-state index contributed by atoms with van der Waals surface area (Å²) in [6.07, 6.45) is -0.266. The van der Waals surface area contributed by atoms with Gasteiger partial charge >= 0.3 is 12.1 Å². The third-order valence-electron chi connectivity index (χ3n) is 3.56. The van der Waals surface area contributed by atoms with E-state index in [4.69, 9.17) is 9.47 Å². The topological polar surface area (TPSA) is 64.6 Å². The van der Waals surface area contributed by atoms with E-state index in [0.29, 0.717) is 5.56 Å². The highest BCUT2D eigenvalue weighted by atomic mass is 19.1. The second-order valence-corrected chi connectivity index (χ2v) is 6.70. The van der Waals surface area contributed by atoms with Gasteiger partial charge in [-0.25, -0.2) is 14.0 Å². The van der Waals surface area contributed by atoms with Gasteiger partial charge in [0.15, 0.2) is 0 Å².